The van der Waals surface area contributed by atoms with Crippen molar-refractivity contribution >= 4 is 5.97 Å². The Kier molecular flexibility index (Phi) is 4.53. The first-order chi connectivity index (χ1) is 12.5. The van der Waals surface area contributed by atoms with Crippen LogP contribution in [-0.2, 0) is 22.4 Å². The molecular weight excluding hydrogens is 324 g/mol. The van der Waals surface area contributed by atoms with Gasteiger partial charge in [-0.05, 0) is 97.8 Å². The van der Waals surface area contributed by atoms with Gasteiger partial charge in [-0.15, -0.1) is 0 Å². The van der Waals surface area contributed by atoms with Gasteiger partial charge in [0.2, 0.25) is 0 Å². The first-order valence-corrected chi connectivity index (χ1v) is 10.5. The summed E-state index contributed by atoms with van der Waals surface area (Å²) >= 11 is 0. The van der Waals surface area contributed by atoms with Crippen molar-refractivity contribution in [1.29, 1.82) is 0 Å². The minimum absolute atomic E-state index is 0.0327. The fraction of sp³-hybridized carbons (Fsp3) is 0.696. The van der Waals surface area contributed by atoms with E-state index in [2.05, 4.69) is 19.9 Å². The molecule has 3 aliphatic carbocycles. The Balaban J connectivity index is 1.64. The first kappa shape index (κ1) is 17.9. The van der Waals surface area contributed by atoms with Gasteiger partial charge < -0.3 is 9.84 Å². The predicted octanol–water partition coefficient (Wildman–Crippen LogP) is 4.99. The molecule has 0 amide bonds. The molecule has 4 rings (SSSR count). The van der Waals surface area contributed by atoms with Crippen molar-refractivity contribution in [2.45, 2.75) is 71.6 Å². The number of hydrogen-bond acceptors (Lipinski definition) is 3. The molecular formula is C23H32O3. The highest BCUT2D eigenvalue weighted by Crippen LogP contribution is 2.63. The maximum Gasteiger partial charge on any atom is 0.309 e. The van der Waals surface area contributed by atoms with Crippen LogP contribution < -0.4 is 0 Å². The third kappa shape index (κ3) is 2.58. The molecule has 0 radical (unpaired) electrons. The monoisotopic (exact) mass is 356 g/mol. The number of carbonyl (C=O) groups is 1. The smallest absolute Gasteiger partial charge is 0.309 e. The average molecular weight is 357 g/mol. The largest absolute Gasteiger partial charge is 0.508 e. The summed E-state index contributed by atoms with van der Waals surface area (Å²) in [4.78, 5) is 12.5. The predicted molar refractivity (Wildman–Crippen MR) is 102 cm³/mol. The van der Waals surface area contributed by atoms with Crippen molar-refractivity contribution in [3.63, 3.8) is 0 Å². The molecule has 2 fully saturated rings. The number of aryl methyl sites for hydroxylation is 2. The SMILES string of the molecule is CCOC(=O)C1CCC2C3CCc4cc(O)c(CC)cc4C3CC[C@]12C. The van der Waals surface area contributed by atoms with Gasteiger partial charge in [-0.2, -0.15) is 0 Å². The van der Waals surface area contributed by atoms with Crippen molar-refractivity contribution in [2.75, 3.05) is 6.61 Å². The van der Waals surface area contributed by atoms with E-state index in [1.807, 2.05) is 13.0 Å². The molecule has 26 heavy (non-hydrogen) atoms. The van der Waals surface area contributed by atoms with Gasteiger partial charge in [0.25, 0.3) is 0 Å². The lowest BCUT2D eigenvalue weighted by atomic mass is 9.54. The molecule has 1 aromatic rings. The number of esters is 1. The second-order valence-electron chi connectivity index (χ2n) is 8.88. The number of carbonyl (C=O) groups excluding carboxylic acids is 1. The Morgan fingerprint density at radius 1 is 1.23 bits per heavy atom. The molecule has 0 aliphatic heterocycles. The van der Waals surface area contributed by atoms with Crippen LogP contribution >= 0.6 is 0 Å². The minimum Gasteiger partial charge on any atom is -0.508 e. The van der Waals surface area contributed by atoms with Gasteiger partial charge in [-0.25, -0.2) is 0 Å². The molecule has 1 aromatic carbocycles. The van der Waals surface area contributed by atoms with E-state index in [4.69, 9.17) is 4.74 Å². The fourth-order valence-electron chi connectivity index (χ4n) is 6.57. The second-order valence-corrected chi connectivity index (χ2v) is 8.88. The maximum atomic E-state index is 12.5. The van der Waals surface area contributed by atoms with Crippen LogP contribution in [0.4, 0.5) is 0 Å². The van der Waals surface area contributed by atoms with E-state index in [1.54, 1.807) is 0 Å². The minimum atomic E-state index is 0.0327. The highest BCUT2D eigenvalue weighted by Gasteiger charge is 2.57. The topological polar surface area (TPSA) is 46.5 Å². The van der Waals surface area contributed by atoms with Crippen LogP contribution in [0.25, 0.3) is 0 Å². The molecule has 0 spiro atoms. The molecule has 0 heterocycles. The molecule has 3 aliphatic rings. The van der Waals surface area contributed by atoms with Crippen molar-refractivity contribution in [3.8, 4) is 5.75 Å². The Morgan fingerprint density at radius 3 is 2.77 bits per heavy atom. The Labute approximate surface area is 157 Å². The van der Waals surface area contributed by atoms with Crippen LogP contribution in [0.2, 0.25) is 0 Å². The number of phenolic OH excluding ortho intramolecular Hbond substituents is 1. The molecule has 0 aromatic heterocycles. The van der Waals surface area contributed by atoms with Crippen LogP contribution in [0.3, 0.4) is 0 Å². The second kappa shape index (κ2) is 6.58. The molecule has 0 saturated heterocycles. The van der Waals surface area contributed by atoms with Crippen molar-refractivity contribution in [3.05, 3.63) is 28.8 Å². The molecule has 142 valence electrons. The van der Waals surface area contributed by atoms with E-state index in [1.165, 1.54) is 17.5 Å². The summed E-state index contributed by atoms with van der Waals surface area (Å²) in [5.74, 6) is 2.49. The summed E-state index contributed by atoms with van der Waals surface area (Å²) < 4.78 is 5.41. The van der Waals surface area contributed by atoms with Crippen molar-refractivity contribution in [1.82, 2.24) is 0 Å². The zero-order valence-electron chi connectivity index (χ0n) is 16.4. The van der Waals surface area contributed by atoms with Crippen LogP contribution in [0.5, 0.6) is 5.75 Å². The fourth-order valence-corrected chi connectivity index (χ4v) is 6.57. The number of ether oxygens (including phenoxy) is 1. The number of hydrogen-bond donors (Lipinski definition) is 1. The summed E-state index contributed by atoms with van der Waals surface area (Å²) in [5.41, 5.74) is 4.02. The zero-order valence-corrected chi connectivity index (χ0v) is 16.4. The zero-order chi connectivity index (χ0) is 18.5. The molecule has 3 nitrogen and oxygen atoms in total. The molecule has 4 unspecified atom stereocenters. The van der Waals surface area contributed by atoms with Gasteiger partial charge in [-0.3, -0.25) is 4.79 Å². The molecule has 3 heteroatoms. The lowest BCUT2D eigenvalue weighted by molar-refractivity contribution is -0.153. The van der Waals surface area contributed by atoms with Crippen LogP contribution in [0.1, 0.15) is 75.5 Å². The number of rotatable bonds is 3. The molecule has 0 bridgehead atoms. The maximum absolute atomic E-state index is 12.5. The number of fused-ring (bicyclic) bond motifs is 5. The van der Waals surface area contributed by atoms with E-state index in [0.717, 1.165) is 44.1 Å². The lowest BCUT2D eigenvalue weighted by Crippen LogP contribution is -2.44. The van der Waals surface area contributed by atoms with Crippen molar-refractivity contribution in [2.24, 2.45) is 23.2 Å². The summed E-state index contributed by atoms with van der Waals surface area (Å²) in [6.07, 6.45) is 7.56. The van der Waals surface area contributed by atoms with Crippen LogP contribution in [-0.4, -0.2) is 17.7 Å². The summed E-state index contributed by atoms with van der Waals surface area (Å²) in [6.45, 7) is 6.86. The summed E-state index contributed by atoms with van der Waals surface area (Å²) in [6, 6.07) is 4.30. The highest BCUT2D eigenvalue weighted by molar-refractivity contribution is 5.74. The molecule has 2 saturated carbocycles. The third-order valence-corrected chi connectivity index (χ3v) is 7.88. The molecule has 5 atom stereocenters. The Hall–Kier alpha value is -1.51. The normalized spacial score (nSPS) is 35.3. The summed E-state index contributed by atoms with van der Waals surface area (Å²) in [5, 5.41) is 10.2. The van der Waals surface area contributed by atoms with Gasteiger partial charge in [0.05, 0.1) is 12.5 Å². The van der Waals surface area contributed by atoms with E-state index in [0.29, 0.717) is 30.1 Å². The molecule has 1 N–H and O–H groups in total. The van der Waals surface area contributed by atoms with Gasteiger partial charge in [0.1, 0.15) is 5.75 Å². The van der Waals surface area contributed by atoms with Gasteiger partial charge in [0, 0.05) is 0 Å². The third-order valence-electron chi connectivity index (χ3n) is 7.88. The lowest BCUT2D eigenvalue weighted by Gasteiger charge is -2.50. The first-order valence-electron chi connectivity index (χ1n) is 10.5. The van der Waals surface area contributed by atoms with E-state index < -0.39 is 0 Å². The summed E-state index contributed by atoms with van der Waals surface area (Å²) in [7, 11) is 0. The average Bonchev–Trinajstić information content (AvgIpc) is 2.98. The van der Waals surface area contributed by atoms with Gasteiger partial charge in [-0.1, -0.05) is 19.9 Å². The number of aromatic hydroxyl groups is 1. The standard InChI is InChI=1S/C23H32O3/c1-4-14-12-18-15(13-21(14)24)6-7-17-16(18)10-11-23(3)19(17)8-9-20(23)22(25)26-5-2/h12-13,16-17,19-20,24H,4-11H2,1-3H3/t16?,17?,19?,20?,23-/m0/s1. The Bertz CT molecular complexity index is 710. The van der Waals surface area contributed by atoms with Crippen LogP contribution in [0, 0.1) is 23.2 Å². The number of benzene rings is 1. The van der Waals surface area contributed by atoms with E-state index in [9.17, 15) is 9.90 Å². The van der Waals surface area contributed by atoms with Gasteiger partial charge >= 0.3 is 5.97 Å². The Morgan fingerprint density at radius 2 is 2.04 bits per heavy atom. The quantitative estimate of drug-likeness (QED) is 0.776. The highest BCUT2D eigenvalue weighted by atomic mass is 16.5. The van der Waals surface area contributed by atoms with Crippen molar-refractivity contribution < 1.29 is 14.6 Å². The van der Waals surface area contributed by atoms with E-state index >= 15 is 0 Å². The number of phenols is 1. The van der Waals surface area contributed by atoms with E-state index in [-0.39, 0.29) is 17.3 Å². The van der Waals surface area contributed by atoms with Crippen LogP contribution in [0.15, 0.2) is 12.1 Å². The van der Waals surface area contributed by atoms with Gasteiger partial charge in [0.15, 0.2) is 0 Å².